The Morgan fingerprint density at radius 1 is 1.35 bits per heavy atom. The Balaban J connectivity index is 2.06. The maximum absolute atomic E-state index is 13.9. The normalized spacial score (nSPS) is 17.0. The van der Waals surface area contributed by atoms with Crippen molar-refractivity contribution in [3.63, 3.8) is 0 Å². The maximum atomic E-state index is 13.9. The van der Waals surface area contributed by atoms with Gasteiger partial charge in [-0.2, -0.15) is 0 Å². The molecule has 142 valence electrons. The second-order valence-electron chi connectivity index (χ2n) is 7.65. The van der Waals surface area contributed by atoms with Crippen LogP contribution in [0.25, 0.3) is 0 Å². The highest BCUT2D eigenvalue weighted by Gasteiger charge is 2.28. The highest BCUT2D eigenvalue weighted by atomic mass is 19.1. The highest BCUT2D eigenvalue weighted by Crippen LogP contribution is 2.26. The summed E-state index contributed by atoms with van der Waals surface area (Å²) < 4.78 is 13.9. The number of carbonyl (C=O) groups is 1. The van der Waals surface area contributed by atoms with Crippen LogP contribution in [0, 0.1) is 17.1 Å². The van der Waals surface area contributed by atoms with Crippen molar-refractivity contribution in [3.05, 3.63) is 46.9 Å². The summed E-state index contributed by atoms with van der Waals surface area (Å²) in [5.41, 5.74) is 5.61. The topological polar surface area (TPSA) is 90.4 Å². The number of aliphatic hydroxyl groups is 1. The van der Waals surface area contributed by atoms with Crippen LogP contribution >= 0.6 is 0 Å². The number of rotatable bonds is 5. The molecule has 0 saturated carbocycles. The van der Waals surface area contributed by atoms with Crippen molar-refractivity contribution in [1.82, 2.24) is 4.90 Å². The van der Waals surface area contributed by atoms with Gasteiger partial charge < -0.3 is 15.7 Å². The molecule has 0 spiro atoms. The van der Waals surface area contributed by atoms with Gasteiger partial charge in [0.15, 0.2) is 0 Å². The third-order valence-electron chi connectivity index (χ3n) is 4.84. The summed E-state index contributed by atoms with van der Waals surface area (Å²) in [4.78, 5) is 14.3. The Bertz CT molecular complexity index is 714. The fourth-order valence-corrected chi connectivity index (χ4v) is 3.38. The van der Waals surface area contributed by atoms with Crippen molar-refractivity contribution in [1.29, 1.82) is 5.41 Å². The molecule has 1 amide bonds. The molecule has 1 aliphatic heterocycles. The van der Waals surface area contributed by atoms with Crippen molar-refractivity contribution in [3.8, 4) is 0 Å². The minimum Gasteiger partial charge on any atom is -0.394 e. The molecule has 0 bridgehead atoms. The summed E-state index contributed by atoms with van der Waals surface area (Å²) in [5, 5.41) is 18.1. The van der Waals surface area contributed by atoms with Crippen molar-refractivity contribution in [2.45, 2.75) is 45.6 Å². The SMILES string of the molecule is C/C(C(=N)c1ccccc1F)=C(/N)C(=O)N1CCC(CC(C)(C)O)CC1. The molecule has 0 radical (unpaired) electrons. The predicted octanol–water partition coefficient (Wildman–Crippen LogP) is 2.83. The minimum atomic E-state index is -0.707. The maximum Gasteiger partial charge on any atom is 0.270 e. The van der Waals surface area contributed by atoms with Gasteiger partial charge in [-0.05, 0) is 58.1 Å². The van der Waals surface area contributed by atoms with Gasteiger partial charge in [0, 0.05) is 24.2 Å². The Labute approximate surface area is 154 Å². The minimum absolute atomic E-state index is 0.0146. The average Bonchev–Trinajstić information content (AvgIpc) is 2.59. The van der Waals surface area contributed by atoms with Gasteiger partial charge >= 0.3 is 0 Å². The molecule has 6 heteroatoms. The first-order valence-electron chi connectivity index (χ1n) is 8.92. The molecule has 0 atom stereocenters. The van der Waals surface area contributed by atoms with Gasteiger partial charge in [0.2, 0.25) is 0 Å². The lowest BCUT2D eigenvalue weighted by atomic mass is 9.86. The molecular weight excluding hydrogens is 333 g/mol. The number of hydrogen-bond acceptors (Lipinski definition) is 4. The highest BCUT2D eigenvalue weighted by molar-refractivity contribution is 6.14. The van der Waals surface area contributed by atoms with E-state index in [0.29, 0.717) is 25.4 Å². The molecule has 1 aliphatic rings. The van der Waals surface area contributed by atoms with Crippen LogP contribution in [0.4, 0.5) is 4.39 Å². The Kier molecular flexibility index (Phi) is 6.18. The summed E-state index contributed by atoms with van der Waals surface area (Å²) in [5.74, 6) is -0.447. The van der Waals surface area contributed by atoms with Crippen molar-refractivity contribution < 1.29 is 14.3 Å². The Morgan fingerprint density at radius 2 is 1.92 bits per heavy atom. The van der Waals surface area contributed by atoms with Crippen LogP contribution < -0.4 is 5.73 Å². The van der Waals surface area contributed by atoms with Crippen LogP contribution in [-0.4, -0.2) is 40.3 Å². The summed E-state index contributed by atoms with van der Waals surface area (Å²) >= 11 is 0. The van der Waals surface area contributed by atoms with Gasteiger partial charge in [-0.1, -0.05) is 12.1 Å². The monoisotopic (exact) mass is 361 g/mol. The summed E-state index contributed by atoms with van der Waals surface area (Å²) in [6, 6.07) is 5.98. The van der Waals surface area contributed by atoms with Crippen LogP contribution in [0.15, 0.2) is 35.5 Å². The zero-order valence-electron chi connectivity index (χ0n) is 15.7. The molecule has 2 rings (SSSR count). The van der Waals surface area contributed by atoms with Gasteiger partial charge in [0.05, 0.1) is 11.3 Å². The van der Waals surface area contributed by atoms with Gasteiger partial charge in [-0.15, -0.1) is 0 Å². The van der Waals surface area contributed by atoms with Crippen LogP contribution in [-0.2, 0) is 4.79 Å². The first-order chi connectivity index (χ1) is 12.1. The number of nitrogens with two attached hydrogens (primary N) is 1. The number of hydrogen-bond donors (Lipinski definition) is 3. The van der Waals surface area contributed by atoms with E-state index >= 15 is 0 Å². The molecule has 1 fully saturated rings. The number of piperidine rings is 1. The first-order valence-corrected chi connectivity index (χ1v) is 8.92. The zero-order chi connectivity index (χ0) is 19.5. The van der Waals surface area contributed by atoms with Gasteiger partial charge in [-0.25, -0.2) is 4.39 Å². The molecular formula is C20H28FN3O2. The Hall–Kier alpha value is -2.21. The fourth-order valence-electron chi connectivity index (χ4n) is 3.38. The van der Waals surface area contributed by atoms with E-state index in [1.807, 2.05) is 0 Å². The van der Waals surface area contributed by atoms with E-state index in [4.69, 9.17) is 11.1 Å². The lowest BCUT2D eigenvalue weighted by Gasteiger charge is -2.34. The molecule has 0 aromatic heterocycles. The van der Waals surface area contributed by atoms with Crippen LogP contribution in [0.1, 0.15) is 45.6 Å². The van der Waals surface area contributed by atoms with E-state index in [1.165, 1.54) is 12.1 Å². The smallest absolute Gasteiger partial charge is 0.270 e. The summed E-state index contributed by atoms with van der Waals surface area (Å²) in [6.45, 7) is 6.30. The van der Waals surface area contributed by atoms with Crippen LogP contribution in [0.5, 0.6) is 0 Å². The van der Waals surface area contributed by atoms with Gasteiger partial charge in [-0.3, -0.25) is 10.2 Å². The van der Waals surface area contributed by atoms with E-state index in [0.717, 1.165) is 12.8 Å². The molecule has 1 heterocycles. The molecule has 1 aromatic carbocycles. The predicted molar refractivity (Wildman–Crippen MR) is 100 cm³/mol. The third kappa shape index (κ3) is 4.91. The van der Waals surface area contributed by atoms with Crippen LogP contribution in [0.3, 0.4) is 0 Å². The number of halogens is 1. The molecule has 5 nitrogen and oxygen atoms in total. The summed E-state index contributed by atoms with van der Waals surface area (Å²) in [7, 11) is 0. The zero-order valence-corrected chi connectivity index (χ0v) is 15.7. The summed E-state index contributed by atoms with van der Waals surface area (Å²) in [6.07, 6.45) is 2.33. The van der Waals surface area contributed by atoms with E-state index < -0.39 is 11.4 Å². The fraction of sp³-hybridized carbons (Fsp3) is 0.500. The average molecular weight is 361 g/mol. The number of allylic oxidation sites excluding steroid dienone is 1. The number of likely N-dealkylation sites (tertiary alicyclic amines) is 1. The number of nitrogens with one attached hydrogen (secondary N) is 1. The first kappa shape index (κ1) is 20.1. The van der Waals surface area contributed by atoms with Crippen molar-refractivity contribution in [2.75, 3.05) is 13.1 Å². The number of nitrogens with zero attached hydrogens (tertiary/aromatic N) is 1. The van der Waals surface area contributed by atoms with Gasteiger partial charge in [0.25, 0.3) is 5.91 Å². The number of benzene rings is 1. The number of carbonyl (C=O) groups excluding carboxylic acids is 1. The molecule has 0 unspecified atom stereocenters. The van der Waals surface area contributed by atoms with Crippen molar-refractivity contribution >= 4 is 11.6 Å². The molecule has 0 aliphatic carbocycles. The van der Waals surface area contributed by atoms with Crippen LogP contribution in [0.2, 0.25) is 0 Å². The Morgan fingerprint density at radius 3 is 2.46 bits per heavy atom. The van der Waals surface area contributed by atoms with E-state index in [2.05, 4.69) is 0 Å². The second-order valence-corrected chi connectivity index (χ2v) is 7.65. The standard InChI is InChI=1S/C20H28FN3O2/c1-13(17(22)15-6-4-5-7-16(15)21)18(23)19(25)24-10-8-14(9-11-24)12-20(2,3)26/h4-7,14,22,26H,8-12,23H2,1-3H3/b18-13-,22-17?. The molecule has 26 heavy (non-hydrogen) atoms. The van der Waals surface area contributed by atoms with Gasteiger partial charge in [0.1, 0.15) is 11.5 Å². The van der Waals surface area contributed by atoms with E-state index in [9.17, 15) is 14.3 Å². The quantitative estimate of drug-likeness (QED) is 0.556. The van der Waals surface area contributed by atoms with E-state index in [-0.39, 0.29) is 28.5 Å². The van der Waals surface area contributed by atoms with Crippen molar-refractivity contribution in [2.24, 2.45) is 11.7 Å². The lowest BCUT2D eigenvalue weighted by Crippen LogP contribution is -2.42. The molecule has 1 saturated heterocycles. The second kappa shape index (κ2) is 7.99. The largest absolute Gasteiger partial charge is 0.394 e. The molecule has 1 aromatic rings. The number of amides is 1. The van der Waals surface area contributed by atoms with E-state index in [1.54, 1.807) is 37.8 Å². The third-order valence-corrected chi connectivity index (χ3v) is 4.84. The lowest BCUT2D eigenvalue weighted by molar-refractivity contribution is -0.128. The molecule has 4 N–H and O–H groups in total.